The largest absolute Gasteiger partial charge is 0.369 e. The van der Waals surface area contributed by atoms with Crippen molar-refractivity contribution >= 4 is 27.4 Å². The number of aromatic nitrogens is 2. The fourth-order valence-electron chi connectivity index (χ4n) is 1.98. The van der Waals surface area contributed by atoms with Crippen LogP contribution >= 0.6 is 11.3 Å². The fraction of sp³-hybridized carbons (Fsp3) is 0.571. The smallest absolute Gasteiger partial charge is 0.157 e. The van der Waals surface area contributed by atoms with E-state index in [1.165, 1.54) is 0 Å². The van der Waals surface area contributed by atoms with Crippen LogP contribution in [0.2, 0.25) is 0 Å². The first-order chi connectivity index (χ1) is 9.85. The highest BCUT2D eigenvalue weighted by Crippen LogP contribution is 2.24. The Kier molecular flexibility index (Phi) is 6.17. The van der Waals surface area contributed by atoms with Crippen molar-refractivity contribution in [2.24, 2.45) is 0 Å². The molecule has 0 unspecified atom stereocenters. The Morgan fingerprint density at radius 3 is 2.80 bits per heavy atom. The Balaban J connectivity index is 1.79. The first-order valence-corrected chi connectivity index (χ1v) is 7.88. The lowest BCUT2D eigenvalue weighted by molar-refractivity contribution is -0.139. The summed E-state index contributed by atoms with van der Waals surface area (Å²) in [5.41, 5.74) is 0.994. The van der Waals surface area contributed by atoms with Crippen molar-refractivity contribution in [1.29, 1.82) is 0 Å². The summed E-state index contributed by atoms with van der Waals surface area (Å²) in [6, 6.07) is 2.01. The highest BCUT2D eigenvalue weighted by molar-refractivity contribution is 7.17. The third kappa shape index (κ3) is 4.13. The average Bonchev–Trinajstić information content (AvgIpc) is 2.93. The molecule has 1 N–H and O–H groups in total. The molecule has 2 rings (SSSR count). The van der Waals surface area contributed by atoms with Crippen LogP contribution in [0.3, 0.4) is 0 Å². The highest BCUT2D eigenvalue weighted by atomic mass is 32.1. The van der Waals surface area contributed by atoms with Gasteiger partial charge in [0.15, 0.2) is 6.29 Å². The lowest BCUT2D eigenvalue weighted by atomic mass is 10.3. The molecule has 5 nitrogen and oxygen atoms in total. The van der Waals surface area contributed by atoms with Gasteiger partial charge in [0.1, 0.15) is 12.1 Å². The maximum absolute atomic E-state index is 5.52. The van der Waals surface area contributed by atoms with E-state index in [2.05, 4.69) is 15.3 Å². The monoisotopic (exact) mass is 295 g/mol. The molecule has 0 atom stereocenters. The standard InChI is InChI=1S/C14H21N3O2S/c1-3-18-12(19-4-2)6-5-8-15-14-13-11(7-9-20-13)16-10-17-14/h7,9-10,12H,3-6,8H2,1-2H3,(H,15,16,17). The van der Waals surface area contributed by atoms with Crippen molar-refractivity contribution in [3.05, 3.63) is 17.8 Å². The number of nitrogens with zero attached hydrogens (tertiary/aromatic N) is 2. The molecule has 0 spiro atoms. The third-order valence-corrected chi connectivity index (χ3v) is 3.77. The summed E-state index contributed by atoms with van der Waals surface area (Å²) >= 11 is 1.66. The number of thiophene rings is 1. The van der Waals surface area contributed by atoms with Gasteiger partial charge in [-0.3, -0.25) is 0 Å². The van der Waals surface area contributed by atoms with Crippen molar-refractivity contribution in [2.75, 3.05) is 25.1 Å². The topological polar surface area (TPSA) is 56.3 Å². The summed E-state index contributed by atoms with van der Waals surface area (Å²) < 4.78 is 12.1. The molecule has 0 fully saturated rings. The van der Waals surface area contributed by atoms with E-state index in [9.17, 15) is 0 Å². The van der Waals surface area contributed by atoms with Crippen LogP contribution in [0.4, 0.5) is 5.82 Å². The van der Waals surface area contributed by atoms with E-state index in [1.807, 2.05) is 25.3 Å². The third-order valence-electron chi connectivity index (χ3n) is 2.86. The maximum atomic E-state index is 5.52. The van der Waals surface area contributed by atoms with Crippen LogP contribution < -0.4 is 5.32 Å². The molecule has 0 aromatic carbocycles. The molecule has 110 valence electrons. The molecule has 0 aliphatic carbocycles. The zero-order valence-electron chi connectivity index (χ0n) is 12.0. The number of hydrogen-bond acceptors (Lipinski definition) is 6. The predicted molar refractivity (Wildman–Crippen MR) is 82.2 cm³/mol. The van der Waals surface area contributed by atoms with Gasteiger partial charge in [-0.2, -0.15) is 0 Å². The van der Waals surface area contributed by atoms with Crippen molar-refractivity contribution in [2.45, 2.75) is 33.0 Å². The Morgan fingerprint density at radius 1 is 1.25 bits per heavy atom. The zero-order chi connectivity index (χ0) is 14.2. The lowest BCUT2D eigenvalue weighted by Gasteiger charge is -2.16. The normalized spacial score (nSPS) is 11.3. The van der Waals surface area contributed by atoms with Crippen molar-refractivity contribution in [3.8, 4) is 0 Å². The first-order valence-electron chi connectivity index (χ1n) is 7.00. The van der Waals surface area contributed by atoms with E-state index in [1.54, 1.807) is 17.7 Å². The van der Waals surface area contributed by atoms with Gasteiger partial charge in [-0.05, 0) is 31.7 Å². The molecule has 2 aromatic heterocycles. The van der Waals surface area contributed by atoms with Crippen molar-refractivity contribution < 1.29 is 9.47 Å². The Labute approximate surface area is 123 Å². The minimum Gasteiger partial charge on any atom is -0.369 e. The second-order valence-corrected chi connectivity index (χ2v) is 5.18. The van der Waals surface area contributed by atoms with Crippen LogP contribution in [0.1, 0.15) is 26.7 Å². The fourth-order valence-corrected chi connectivity index (χ4v) is 2.79. The number of rotatable bonds is 9. The molecule has 2 aromatic rings. The molecule has 2 heterocycles. The summed E-state index contributed by atoms with van der Waals surface area (Å²) in [5.74, 6) is 0.911. The van der Waals surface area contributed by atoms with Gasteiger partial charge >= 0.3 is 0 Å². The molecule has 0 aliphatic heterocycles. The van der Waals surface area contributed by atoms with E-state index in [4.69, 9.17) is 9.47 Å². The number of hydrogen-bond donors (Lipinski definition) is 1. The number of nitrogens with one attached hydrogen (secondary N) is 1. The maximum Gasteiger partial charge on any atom is 0.157 e. The molecule has 0 saturated carbocycles. The Hall–Kier alpha value is -1.24. The van der Waals surface area contributed by atoms with Crippen LogP contribution in [0.5, 0.6) is 0 Å². The van der Waals surface area contributed by atoms with Crippen LogP contribution in [-0.4, -0.2) is 36.0 Å². The zero-order valence-corrected chi connectivity index (χ0v) is 12.8. The number of fused-ring (bicyclic) bond motifs is 1. The molecule has 0 saturated heterocycles. The predicted octanol–water partition coefficient (Wildman–Crippen LogP) is 3.28. The van der Waals surface area contributed by atoms with Gasteiger partial charge in [-0.1, -0.05) is 0 Å². The van der Waals surface area contributed by atoms with E-state index in [0.717, 1.165) is 35.4 Å². The minimum absolute atomic E-state index is 0.0982. The molecule has 0 bridgehead atoms. The number of anilines is 1. The van der Waals surface area contributed by atoms with Gasteiger partial charge in [0, 0.05) is 26.2 Å². The molecular weight excluding hydrogens is 274 g/mol. The summed E-state index contributed by atoms with van der Waals surface area (Å²) in [6.07, 6.45) is 3.36. The summed E-state index contributed by atoms with van der Waals surface area (Å²) in [6.45, 7) is 6.18. The van der Waals surface area contributed by atoms with E-state index in [-0.39, 0.29) is 6.29 Å². The summed E-state index contributed by atoms with van der Waals surface area (Å²) in [4.78, 5) is 8.52. The average molecular weight is 295 g/mol. The van der Waals surface area contributed by atoms with E-state index in [0.29, 0.717) is 13.2 Å². The summed E-state index contributed by atoms with van der Waals surface area (Å²) in [5, 5.41) is 5.39. The van der Waals surface area contributed by atoms with Gasteiger partial charge in [0.2, 0.25) is 0 Å². The molecule has 0 aliphatic rings. The van der Waals surface area contributed by atoms with Crippen molar-refractivity contribution in [3.63, 3.8) is 0 Å². The highest BCUT2D eigenvalue weighted by Gasteiger charge is 2.08. The lowest BCUT2D eigenvalue weighted by Crippen LogP contribution is -2.18. The van der Waals surface area contributed by atoms with Gasteiger partial charge in [-0.25, -0.2) is 9.97 Å². The first kappa shape index (κ1) is 15.2. The quantitative estimate of drug-likeness (QED) is 0.568. The van der Waals surface area contributed by atoms with E-state index >= 15 is 0 Å². The molecular formula is C14H21N3O2S. The Bertz CT molecular complexity index is 512. The van der Waals surface area contributed by atoms with Crippen LogP contribution in [0, 0.1) is 0 Å². The molecule has 0 radical (unpaired) electrons. The second kappa shape index (κ2) is 8.14. The van der Waals surface area contributed by atoms with Crippen LogP contribution in [0.15, 0.2) is 17.8 Å². The van der Waals surface area contributed by atoms with E-state index < -0.39 is 0 Å². The number of ether oxygens (including phenoxy) is 2. The van der Waals surface area contributed by atoms with Gasteiger partial charge < -0.3 is 14.8 Å². The van der Waals surface area contributed by atoms with Crippen LogP contribution in [-0.2, 0) is 9.47 Å². The minimum atomic E-state index is -0.0982. The Morgan fingerprint density at radius 2 is 2.05 bits per heavy atom. The SMILES string of the molecule is CCOC(CCCNc1ncnc2ccsc12)OCC. The molecule has 0 amide bonds. The summed E-state index contributed by atoms with van der Waals surface area (Å²) in [7, 11) is 0. The second-order valence-electron chi connectivity index (χ2n) is 4.27. The molecule has 6 heteroatoms. The van der Waals surface area contributed by atoms with Crippen molar-refractivity contribution in [1.82, 2.24) is 9.97 Å². The van der Waals surface area contributed by atoms with Gasteiger partial charge in [0.05, 0.1) is 10.2 Å². The van der Waals surface area contributed by atoms with Gasteiger partial charge in [-0.15, -0.1) is 11.3 Å². The molecule has 20 heavy (non-hydrogen) atoms. The van der Waals surface area contributed by atoms with Crippen LogP contribution in [0.25, 0.3) is 10.2 Å². The van der Waals surface area contributed by atoms with Gasteiger partial charge in [0.25, 0.3) is 0 Å².